The maximum absolute atomic E-state index is 10.6. The van der Waals surface area contributed by atoms with E-state index in [1.807, 2.05) is 0 Å². The second-order valence-corrected chi connectivity index (χ2v) is 3.36. The molecule has 60 valence electrons. The van der Waals surface area contributed by atoms with Crippen molar-refractivity contribution in [2.75, 3.05) is 6.26 Å². The lowest BCUT2D eigenvalue weighted by Gasteiger charge is -2.14. The predicted molar refractivity (Wildman–Crippen MR) is 45.8 cm³/mol. The van der Waals surface area contributed by atoms with Crippen LogP contribution < -0.4 is 0 Å². The Morgan fingerprint density at radius 1 is 1.55 bits per heavy atom. The van der Waals surface area contributed by atoms with Crippen LogP contribution >= 0.6 is 0 Å². The molecule has 11 heavy (non-hydrogen) atoms. The average Bonchev–Trinajstić information content (AvgIpc) is 1.81. The van der Waals surface area contributed by atoms with Crippen LogP contribution in [0.1, 0.15) is 13.8 Å². The summed E-state index contributed by atoms with van der Waals surface area (Å²) in [5, 5.41) is 0. The van der Waals surface area contributed by atoms with Crippen LogP contribution in [0.25, 0.3) is 0 Å². The van der Waals surface area contributed by atoms with Crippen molar-refractivity contribution in [2.24, 2.45) is 0 Å². The lowest BCUT2D eigenvalue weighted by atomic mass is 10.1. The van der Waals surface area contributed by atoms with Crippen molar-refractivity contribution in [1.82, 2.24) is 0 Å². The van der Waals surface area contributed by atoms with Crippen LogP contribution in [0.3, 0.4) is 0 Å². The molecule has 3 heteroatoms. The molecule has 0 amide bonds. The molecule has 0 aliphatic carbocycles. The van der Waals surface area contributed by atoms with Crippen molar-refractivity contribution < 1.29 is 8.39 Å². The van der Waals surface area contributed by atoms with E-state index in [2.05, 4.69) is 17.8 Å². The summed E-state index contributed by atoms with van der Waals surface area (Å²) in [5.74, 6) is 7.21. The molecule has 1 unspecified atom stereocenters. The molecular formula is C8H10O2S. The van der Waals surface area contributed by atoms with Gasteiger partial charge in [-0.1, -0.05) is 5.92 Å². The van der Waals surface area contributed by atoms with Gasteiger partial charge in [-0.2, -0.15) is 0 Å². The molecule has 0 rings (SSSR count). The van der Waals surface area contributed by atoms with Gasteiger partial charge in [0.25, 0.3) is 0 Å². The zero-order valence-electron chi connectivity index (χ0n) is 6.80. The third kappa shape index (κ3) is 5.66. The molecule has 0 aliphatic heterocycles. The molecule has 0 saturated heterocycles. The molecule has 0 bridgehead atoms. The highest BCUT2D eigenvalue weighted by Gasteiger charge is 2.16. The fraction of sp³-hybridized carbons (Fsp3) is 0.500. The fourth-order valence-electron chi connectivity index (χ4n) is 0.501. The van der Waals surface area contributed by atoms with Gasteiger partial charge < -0.3 is 0 Å². The van der Waals surface area contributed by atoms with Gasteiger partial charge in [-0.3, -0.25) is 4.18 Å². The van der Waals surface area contributed by atoms with Gasteiger partial charge in [-0.05, 0) is 25.7 Å². The van der Waals surface area contributed by atoms with E-state index >= 15 is 0 Å². The molecule has 2 nitrogen and oxygen atoms in total. The monoisotopic (exact) mass is 170 g/mol. The normalized spacial score (nSPS) is 12.5. The third-order valence-electron chi connectivity index (χ3n) is 0.761. The maximum Gasteiger partial charge on any atom is 0.153 e. The van der Waals surface area contributed by atoms with Crippen LogP contribution in [0.4, 0.5) is 0 Å². The van der Waals surface area contributed by atoms with E-state index in [9.17, 15) is 4.21 Å². The molecule has 0 spiro atoms. The van der Waals surface area contributed by atoms with Crippen LogP contribution in [0.15, 0.2) is 0 Å². The summed E-state index contributed by atoms with van der Waals surface area (Å²) in [6, 6.07) is 0. The minimum absolute atomic E-state index is 0.730. The van der Waals surface area contributed by atoms with E-state index in [0.717, 1.165) is 0 Å². The van der Waals surface area contributed by atoms with E-state index in [1.54, 1.807) is 13.8 Å². The topological polar surface area (TPSA) is 26.3 Å². The Hall–Kier alpha value is -0.770. The predicted octanol–water partition coefficient (Wildman–Crippen LogP) is 0.712. The van der Waals surface area contributed by atoms with Crippen molar-refractivity contribution >= 4 is 11.1 Å². The fourth-order valence-corrected chi connectivity index (χ4v) is 1.13. The average molecular weight is 170 g/mol. The number of hydrogen-bond acceptors (Lipinski definition) is 2. The van der Waals surface area contributed by atoms with Crippen LogP contribution in [-0.2, 0) is 15.3 Å². The van der Waals surface area contributed by atoms with E-state index in [-0.39, 0.29) is 0 Å². The van der Waals surface area contributed by atoms with Crippen molar-refractivity contribution in [2.45, 2.75) is 19.4 Å². The van der Waals surface area contributed by atoms with Gasteiger partial charge in [0, 0.05) is 6.26 Å². The van der Waals surface area contributed by atoms with Gasteiger partial charge in [0.15, 0.2) is 11.1 Å². The highest BCUT2D eigenvalue weighted by molar-refractivity contribution is 7.79. The molecule has 1 atom stereocenters. The Labute approximate surface area is 70.0 Å². The number of terminal acetylenes is 1. The first-order chi connectivity index (χ1) is 4.98. The van der Waals surface area contributed by atoms with Crippen LogP contribution in [0, 0.1) is 24.2 Å². The van der Waals surface area contributed by atoms with Gasteiger partial charge in [0.1, 0.15) is 5.60 Å². The minimum Gasteiger partial charge on any atom is -0.271 e. The van der Waals surface area contributed by atoms with Crippen molar-refractivity contribution in [3.8, 4) is 24.2 Å². The highest BCUT2D eigenvalue weighted by Crippen LogP contribution is 2.07. The lowest BCUT2D eigenvalue weighted by molar-refractivity contribution is 0.198. The molecule has 0 heterocycles. The first-order valence-corrected chi connectivity index (χ1v) is 4.47. The zero-order chi connectivity index (χ0) is 8.91. The van der Waals surface area contributed by atoms with Gasteiger partial charge in [0.2, 0.25) is 0 Å². The van der Waals surface area contributed by atoms with E-state index in [1.165, 1.54) is 6.26 Å². The van der Waals surface area contributed by atoms with E-state index in [4.69, 9.17) is 10.6 Å². The quantitative estimate of drug-likeness (QED) is 0.571. The van der Waals surface area contributed by atoms with E-state index < -0.39 is 16.7 Å². The van der Waals surface area contributed by atoms with Gasteiger partial charge in [-0.25, -0.2) is 4.21 Å². The maximum atomic E-state index is 10.6. The summed E-state index contributed by atoms with van der Waals surface area (Å²) in [4.78, 5) is 0. The Bertz CT molecular complexity index is 249. The van der Waals surface area contributed by atoms with Gasteiger partial charge in [-0.15, -0.1) is 6.42 Å². The molecule has 0 radical (unpaired) electrons. The number of rotatable bonds is 2. The molecule has 0 N–H and O–H groups in total. The molecule has 0 fully saturated rings. The Morgan fingerprint density at radius 3 is 2.45 bits per heavy atom. The van der Waals surface area contributed by atoms with Crippen LogP contribution in [-0.4, -0.2) is 16.1 Å². The van der Waals surface area contributed by atoms with Gasteiger partial charge >= 0.3 is 0 Å². The minimum atomic E-state index is -1.31. The second kappa shape index (κ2) is 4.18. The van der Waals surface area contributed by atoms with Gasteiger partial charge in [0.05, 0.1) is 0 Å². The molecular weight excluding hydrogens is 160 g/mol. The SMILES string of the molecule is C#CC#CC(C)(C)OS(C)=O. The summed E-state index contributed by atoms with van der Waals surface area (Å²) in [6.45, 7) is 3.41. The first-order valence-electron chi connectivity index (χ1n) is 2.98. The molecule has 0 aromatic rings. The molecule has 0 aliphatic rings. The van der Waals surface area contributed by atoms with E-state index in [0.29, 0.717) is 0 Å². The standard InChI is InChI=1S/C8H10O2S/c1-5-6-7-8(2,3)10-11(4)9/h1H,2-4H3. The smallest absolute Gasteiger partial charge is 0.153 e. The van der Waals surface area contributed by atoms with Crippen molar-refractivity contribution in [3.05, 3.63) is 0 Å². The Morgan fingerprint density at radius 2 is 2.09 bits per heavy atom. The highest BCUT2D eigenvalue weighted by atomic mass is 32.2. The Kier molecular flexibility index (Phi) is 3.89. The Balaban J connectivity index is 4.25. The van der Waals surface area contributed by atoms with Crippen molar-refractivity contribution in [1.29, 1.82) is 0 Å². The second-order valence-electron chi connectivity index (χ2n) is 2.39. The van der Waals surface area contributed by atoms with Crippen molar-refractivity contribution in [3.63, 3.8) is 0 Å². The third-order valence-corrected chi connectivity index (χ3v) is 1.41. The molecule has 0 aromatic heterocycles. The summed E-state index contributed by atoms with van der Waals surface area (Å²) in [6.07, 6.45) is 6.36. The summed E-state index contributed by atoms with van der Waals surface area (Å²) in [7, 11) is 0. The molecule has 0 aromatic carbocycles. The van der Waals surface area contributed by atoms with Crippen LogP contribution in [0.5, 0.6) is 0 Å². The van der Waals surface area contributed by atoms with Crippen LogP contribution in [0.2, 0.25) is 0 Å². The summed E-state index contributed by atoms with van der Waals surface area (Å²) < 4.78 is 15.5. The largest absolute Gasteiger partial charge is 0.271 e. The molecule has 0 saturated carbocycles. The summed E-state index contributed by atoms with van der Waals surface area (Å²) in [5.41, 5.74) is -0.730. The summed E-state index contributed by atoms with van der Waals surface area (Å²) >= 11 is -1.31. The zero-order valence-corrected chi connectivity index (χ0v) is 7.62. The first kappa shape index (κ1) is 10.2. The number of hydrogen-bond donors (Lipinski definition) is 0. The lowest BCUT2D eigenvalue weighted by Crippen LogP contribution is -2.22.